The van der Waals surface area contributed by atoms with Crippen molar-refractivity contribution in [1.82, 2.24) is 9.63 Å². The lowest BCUT2D eigenvalue weighted by Gasteiger charge is -2.33. The van der Waals surface area contributed by atoms with Crippen LogP contribution in [0.4, 0.5) is 28.9 Å². The standard InChI is InChI=1S/C31H25Cl2F4N3O3/c32-25-16-22(31(35,36)37)8-11-26(25)38-28-24(17-40(30(42)27(28)33)43-18-19-4-2-1-3-5-19)29(41)39-14-12-21(13-15-39)20-6-9-23(34)10-7-20/h1-11,16-17,21,38H,12-15,18H2. The molecule has 1 saturated heterocycles. The normalized spacial score (nSPS) is 14.0. The first kappa shape index (κ1) is 30.4. The largest absolute Gasteiger partial charge is 0.416 e. The second kappa shape index (κ2) is 12.7. The third-order valence-electron chi connectivity index (χ3n) is 7.25. The van der Waals surface area contributed by atoms with E-state index >= 15 is 0 Å². The number of pyridine rings is 1. The minimum Gasteiger partial charge on any atom is -0.406 e. The van der Waals surface area contributed by atoms with Gasteiger partial charge >= 0.3 is 11.7 Å². The van der Waals surface area contributed by atoms with Crippen LogP contribution in [0.5, 0.6) is 0 Å². The monoisotopic (exact) mass is 633 g/mol. The lowest BCUT2D eigenvalue weighted by Crippen LogP contribution is -2.39. The number of benzene rings is 3. The number of piperidine rings is 1. The highest BCUT2D eigenvalue weighted by Crippen LogP contribution is 2.37. The summed E-state index contributed by atoms with van der Waals surface area (Å²) in [5, 5.41) is 2.12. The first-order valence-electron chi connectivity index (χ1n) is 13.3. The Morgan fingerprint density at radius 2 is 1.65 bits per heavy atom. The molecule has 1 aliphatic heterocycles. The highest BCUT2D eigenvalue weighted by Gasteiger charge is 2.32. The van der Waals surface area contributed by atoms with E-state index < -0.39 is 28.2 Å². The van der Waals surface area contributed by atoms with Crippen LogP contribution in [-0.4, -0.2) is 28.6 Å². The number of amides is 1. The van der Waals surface area contributed by atoms with Gasteiger partial charge < -0.3 is 15.1 Å². The molecule has 0 spiro atoms. The molecule has 1 amide bonds. The van der Waals surface area contributed by atoms with Crippen molar-refractivity contribution in [2.75, 3.05) is 18.4 Å². The zero-order valence-corrected chi connectivity index (χ0v) is 24.0. The first-order chi connectivity index (χ1) is 20.5. The van der Waals surface area contributed by atoms with Gasteiger partial charge in [-0.05, 0) is 60.2 Å². The molecule has 5 rings (SSSR count). The molecule has 0 aliphatic carbocycles. The molecule has 1 fully saturated rings. The van der Waals surface area contributed by atoms with Crippen LogP contribution in [0.15, 0.2) is 83.8 Å². The summed E-state index contributed by atoms with van der Waals surface area (Å²) in [6.45, 7) is 0.733. The topological polar surface area (TPSA) is 63.6 Å². The average molecular weight is 634 g/mol. The molecular formula is C31H25Cl2F4N3O3. The SMILES string of the molecule is O=C(c1cn(OCc2ccccc2)c(=O)c(Cl)c1Nc1ccc(C(F)(F)F)cc1Cl)N1CCC(c2ccc(F)cc2)CC1. The molecular weight excluding hydrogens is 609 g/mol. The molecule has 43 heavy (non-hydrogen) atoms. The summed E-state index contributed by atoms with van der Waals surface area (Å²) in [6.07, 6.45) is -2.17. The van der Waals surface area contributed by atoms with Crippen LogP contribution < -0.4 is 15.7 Å². The molecule has 0 atom stereocenters. The lowest BCUT2D eigenvalue weighted by atomic mass is 9.89. The van der Waals surface area contributed by atoms with Gasteiger partial charge in [0.15, 0.2) is 0 Å². The number of halogens is 6. The van der Waals surface area contributed by atoms with E-state index in [1.165, 1.54) is 18.3 Å². The van der Waals surface area contributed by atoms with Gasteiger partial charge in [0, 0.05) is 13.1 Å². The zero-order valence-electron chi connectivity index (χ0n) is 22.5. The molecule has 1 aliphatic rings. The van der Waals surface area contributed by atoms with Gasteiger partial charge in [-0.15, -0.1) is 0 Å². The maximum absolute atomic E-state index is 13.9. The van der Waals surface area contributed by atoms with Crippen LogP contribution in [-0.2, 0) is 12.8 Å². The molecule has 2 heterocycles. The van der Waals surface area contributed by atoms with E-state index in [4.69, 9.17) is 28.0 Å². The van der Waals surface area contributed by atoms with Crippen molar-refractivity contribution in [3.63, 3.8) is 0 Å². The van der Waals surface area contributed by atoms with Gasteiger partial charge in [-0.1, -0.05) is 65.7 Å². The summed E-state index contributed by atoms with van der Waals surface area (Å²) in [4.78, 5) is 34.3. The minimum absolute atomic E-state index is 0.00524. The molecule has 1 N–H and O–H groups in total. The fraction of sp³-hybridized carbons (Fsp3) is 0.226. The van der Waals surface area contributed by atoms with Crippen LogP contribution >= 0.6 is 23.2 Å². The number of alkyl halides is 3. The van der Waals surface area contributed by atoms with Crippen LogP contribution in [0, 0.1) is 5.82 Å². The molecule has 224 valence electrons. The van der Waals surface area contributed by atoms with Gasteiger partial charge in [0.2, 0.25) is 0 Å². The van der Waals surface area contributed by atoms with Crippen LogP contribution in [0.25, 0.3) is 0 Å². The second-order valence-corrected chi connectivity index (χ2v) is 10.8. The van der Waals surface area contributed by atoms with Crippen LogP contribution in [0.2, 0.25) is 10.0 Å². The maximum atomic E-state index is 13.9. The Labute approximate surface area is 254 Å². The van der Waals surface area contributed by atoms with E-state index in [1.807, 2.05) is 6.07 Å². The number of carbonyl (C=O) groups excluding carboxylic acids is 1. The Kier molecular flexibility index (Phi) is 8.98. The van der Waals surface area contributed by atoms with Gasteiger partial charge in [-0.2, -0.15) is 17.9 Å². The zero-order chi connectivity index (χ0) is 30.7. The molecule has 0 radical (unpaired) electrons. The van der Waals surface area contributed by atoms with E-state index in [2.05, 4.69) is 5.32 Å². The number of hydrogen-bond donors (Lipinski definition) is 1. The molecule has 0 unspecified atom stereocenters. The number of carbonyl (C=O) groups is 1. The summed E-state index contributed by atoms with van der Waals surface area (Å²) in [5.41, 5.74) is -0.136. The van der Waals surface area contributed by atoms with Crippen molar-refractivity contribution >= 4 is 40.5 Å². The van der Waals surface area contributed by atoms with Crippen molar-refractivity contribution in [2.24, 2.45) is 0 Å². The third-order valence-corrected chi connectivity index (χ3v) is 7.91. The molecule has 1 aromatic heterocycles. The van der Waals surface area contributed by atoms with Crippen molar-refractivity contribution < 1.29 is 27.2 Å². The fourth-order valence-electron chi connectivity index (χ4n) is 4.91. The highest BCUT2D eigenvalue weighted by molar-refractivity contribution is 6.35. The molecule has 6 nitrogen and oxygen atoms in total. The summed E-state index contributed by atoms with van der Waals surface area (Å²) in [5.74, 6) is -0.673. The summed E-state index contributed by atoms with van der Waals surface area (Å²) < 4.78 is 53.8. The summed E-state index contributed by atoms with van der Waals surface area (Å²) >= 11 is 12.6. The average Bonchev–Trinajstić information content (AvgIpc) is 3.00. The molecule has 0 saturated carbocycles. The number of hydrogen-bond acceptors (Lipinski definition) is 4. The number of rotatable bonds is 7. The predicted octanol–water partition coefficient (Wildman–Crippen LogP) is 7.71. The number of likely N-dealkylation sites (tertiary alicyclic amines) is 1. The summed E-state index contributed by atoms with van der Waals surface area (Å²) in [7, 11) is 0. The van der Waals surface area contributed by atoms with E-state index in [0.717, 1.165) is 34.1 Å². The Bertz CT molecular complexity index is 1670. The van der Waals surface area contributed by atoms with Gasteiger partial charge in [0.1, 0.15) is 17.4 Å². The third kappa shape index (κ3) is 6.97. The molecule has 0 bridgehead atoms. The Morgan fingerprint density at radius 3 is 2.28 bits per heavy atom. The summed E-state index contributed by atoms with van der Waals surface area (Å²) in [6, 6.07) is 18.0. The number of nitrogens with zero attached hydrogens (tertiary/aromatic N) is 2. The van der Waals surface area contributed by atoms with Crippen LogP contribution in [0.3, 0.4) is 0 Å². The second-order valence-electron chi connectivity index (χ2n) is 10.1. The van der Waals surface area contributed by atoms with Crippen molar-refractivity contribution in [3.8, 4) is 0 Å². The van der Waals surface area contributed by atoms with Gasteiger partial charge in [0.25, 0.3) is 5.91 Å². The fourth-order valence-corrected chi connectivity index (χ4v) is 5.37. The smallest absolute Gasteiger partial charge is 0.406 e. The molecule has 4 aromatic rings. The number of aromatic nitrogens is 1. The van der Waals surface area contributed by atoms with Crippen molar-refractivity contribution in [3.05, 3.63) is 127 Å². The van der Waals surface area contributed by atoms with Gasteiger partial charge in [-0.25, -0.2) is 4.39 Å². The Balaban J connectivity index is 1.46. The predicted molar refractivity (Wildman–Crippen MR) is 156 cm³/mol. The number of anilines is 2. The molecule has 3 aromatic carbocycles. The van der Waals surface area contributed by atoms with Crippen molar-refractivity contribution in [2.45, 2.75) is 31.5 Å². The van der Waals surface area contributed by atoms with E-state index in [0.29, 0.717) is 25.9 Å². The quantitative estimate of drug-likeness (QED) is 0.212. The van der Waals surface area contributed by atoms with Gasteiger partial charge in [-0.3, -0.25) is 9.59 Å². The first-order valence-corrected chi connectivity index (χ1v) is 14.1. The Hall–Kier alpha value is -4.02. The highest BCUT2D eigenvalue weighted by atomic mass is 35.5. The van der Waals surface area contributed by atoms with E-state index in [-0.39, 0.29) is 40.3 Å². The maximum Gasteiger partial charge on any atom is 0.416 e. The number of nitrogens with one attached hydrogen (secondary N) is 1. The van der Waals surface area contributed by atoms with E-state index in [1.54, 1.807) is 41.3 Å². The van der Waals surface area contributed by atoms with E-state index in [9.17, 15) is 27.2 Å². The lowest BCUT2D eigenvalue weighted by molar-refractivity contribution is -0.137. The Morgan fingerprint density at radius 1 is 0.977 bits per heavy atom. The van der Waals surface area contributed by atoms with Gasteiger partial charge in [0.05, 0.1) is 33.7 Å². The molecule has 12 heteroatoms. The van der Waals surface area contributed by atoms with Crippen LogP contribution in [0.1, 0.15) is 45.8 Å². The minimum atomic E-state index is -4.61. The van der Waals surface area contributed by atoms with Crippen molar-refractivity contribution in [1.29, 1.82) is 0 Å².